The summed E-state index contributed by atoms with van der Waals surface area (Å²) < 4.78 is 27.7. The molecule has 0 fully saturated rings. The molecule has 1 amide bonds. The molecule has 1 heterocycles. The van der Waals surface area contributed by atoms with Gasteiger partial charge in [-0.15, -0.1) is 0 Å². The third-order valence-electron chi connectivity index (χ3n) is 4.53. The topological polar surface area (TPSA) is 79.4 Å². The van der Waals surface area contributed by atoms with E-state index in [2.05, 4.69) is 10.3 Å². The lowest BCUT2D eigenvalue weighted by Gasteiger charge is -2.20. The first-order valence-electron chi connectivity index (χ1n) is 9.44. The summed E-state index contributed by atoms with van der Waals surface area (Å²) in [4.78, 5) is 17.1. The fraction of sp³-hybridized carbons (Fsp3) is 0.300. The van der Waals surface area contributed by atoms with Crippen LogP contribution in [0.4, 0.5) is 5.13 Å². The van der Waals surface area contributed by atoms with E-state index >= 15 is 0 Å². The highest BCUT2D eigenvalue weighted by atomic mass is 35.5. The number of thiazole rings is 1. The van der Waals surface area contributed by atoms with E-state index < -0.39 is 15.9 Å². The fourth-order valence-corrected chi connectivity index (χ4v) is 5.78. The Kier molecular flexibility index (Phi) is 7.36. The summed E-state index contributed by atoms with van der Waals surface area (Å²) in [5.41, 5.74) is 0.847. The molecule has 0 atom stereocenters. The molecular weight excluding hydrogens is 465 g/mol. The summed E-state index contributed by atoms with van der Waals surface area (Å²) in [5.74, 6) is -0.399. The van der Waals surface area contributed by atoms with E-state index in [1.54, 1.807) is 12.1 Å². The highest BCUT2D eigenvalue weighted by molar-refractivity contribution is 7.89. The van der Waals surface area contributed by atoms with Crippen LogP contribution in [0.15, 0.2) is 41.3 Å². The first-order chi connectivity index (χ1) is 14.3. The molecule has 3 aromatic rings. The van der Waals surface area contributed by atoms with Crippen molar-refractivity contribution in [3.8, 4) is 0 Å². The summed E-state index contributed by atoms with van der Waals surface area (Å²) in [6.45, 7) is 4.69. The van der Waals surface area contributed by atoms with Crippen molar-refractivity contribution < 1.29 is 13.2 Å². The Bertz CT molecular complexity index is 1120. The van der Waals surface area contributed by atoms with Gasteiger partial charge in [-0.3, -0.25) is 10.1 Å². The maximum absolute atomic E-state index is 12.8. The van der Waals surface area contributed by atoms with Crippen LogP contribution in [0.25, 0.3) is 10.2 Å². The number of nitrogens with one attached hydrogen (secondary N) is 1. The Labute approximate surface area is 189 Å². The van der Waals surface area contributed by atoms with Gasteiger partial charge < -0.3 is 0 Å². The van der Waals surface area contributed by atoms with E-state index in [4.69, 9.17) is 23.2 Å². The van der Waals surface area contributed by atoms with Crippen LogP contribution < -0.4 is 5.32 Å². The van der Waals surface area contributed by atoms with Gasteiger partial charge in [0.15, 0.2) is 5.13 Å². The molecule has 0 aliphatic heterocycles. The van der Waals surface area contributed by atoms with Crippen LogP contribution in [0, 0.1) is 0 Å². The molecule has 0 saturated carbocycles. The molecule has 160 valence electrons. The van der Waals surface area contributed by atoms with E-state index in [1.807, 2.05) is 13.8 Å². The molecule has 0 saturated heterocycles. The number of carbonyl (C=O) groups is 1. The van der Waals surface area contributed by atoms with Gasteiger partial charge in [-0.1, -0.05) is 54.8 Å². The highest BCUT2D eigenvalue weighted by Crippen LogP contribution is 2.36. The van der Waals surface area contributed by atoms with Gasteiger partial charge in [-0.2, -0.15) is 4.31 Å². The van der Waals surface area contributed by atoms with Crippen molar-refractivity contribution in [2.45, 2.75) is 31.6 Å². The van der Waals surface area contributed by atoms with Gasteiger partial charge in [0.1, 0.15) is 5.52 Å². The first-order valence-corrected chi connectivity index (χ1v) is 12.4. The number of halogens is 2. The predicted molar refractivity (Wildman–Crippen MR) is 123 cm³/mol. The average molecular weight is 486 g/mol. The lowest BCUT2D eigenvalue weighted by atomic mass is 10.2. The summed E-state index contributed by atoms with van der Waals surface area (Å²) in [5, 5.41) is 4.03. The smallest absolute Gasteiger partial charge is 0.257 e. The van der Waals surface area contributed by atoms with E-state index in [0.717, 1.165) is 12.8 Å². The number of hydrogen-bond donors (Lipinski definition) is 1. The largest absolute Gasteiger partial charge is 0.298 e. The van der Waals surface area contributed by atoms with Crippen LogP contribution in [0.5, 0.6) is 0 Å². The van der Waals surface area contributed by atoms with Gasteiger partial charge in [-0.25, -0.2) is 13.4 Å². The number of carbonyl (C=O) groups excluding carboxylic acids is 1. The first kappa shape index (κ1) is 23.0. The number of hydrogen-bond acceptors (Lipinski definition) is 5. The molecule has 2 aromatic carbocycles. The molecule has 1 N–H and O–H groups in total. The van der Waals surface area contributed by atoms with Gasteiger partial charge in [0.2, 0.25) is 10.0 Å². The number of fused-ring (bicyclic) bond motifs is 1. The SMILES string of the molecule is CCCCN(CC)S(=O)(=O)c1ccc(C(=O)Nc2nc3c(Cl)ccc(Cl)c3s2)cc1. The zero-order chi connectivity index (χ0) is 21.9. The van der Waals surface area contributed by atoms with Gasteiger partial charge >= 0.3 is 0 Å². The third-order valence-corrected chi connectivity index (χ3v) is 8.26. The molecule has 0 bridgehead atoms. The second-order valence-corrected chi connectivity index (χ2v) is 10.3. The van der Waals surface area contributed by atoms with Crippen molar-refractivity contribution in [1.29, 1.82) is 0 Å². The summed E-state index contributed by atoms with van der Waals surface area (Å²) in [6, 6.07) is 9.20. The van der Waals surface area contributed by atoms with E-state index in [0.29, 0.717) is 44.0 Å². The maximum Gasteiger partial charge on any atom is 0.257 e. The number of amides is 1. The zero-order valence-electron chi connectivity index (χ0n) is 16.5. The number of anilines is 1. The Hall–Kier alpha value is -1.71. The minimum absolute atomic E-state index is 0.163. The van der Waals surface area contributed by atoms with Crippen LogP contribution in [0.1, 0.15) is 37.0 Å². The maximum atomic E-state index is 12.8. The minimum Gasteiger partial charge on any atom is -0.298 e. The number of aromatic nitrogens is 1. The molecule has 0 aliphatic carbocycles. The molecular formula is C20H21Cl2N3O3S2. The molecule has 0 aliphatic rings. The number of benzene rings is 2. The normalized spacial score (nSPS) is 11.9. The molecule has 3 rings (SSSR count). The molecule has 0 radical (unpaired) electrons. The van der Waals surface area contributed by atoms with Gasteiger partial charge in [0.05, 0.1) is 19.6 Å². The molecule has 1 aromatic heterocycles. The van der Waals surface area contributed by atoms with E-state index in [1.165, 1.54) is 39.9 Å². The molecule has 6 nitrogen and oxygen atoms in total. The van der Waals surface area contributed by atoms with Crippen LogP contribution in [-0.2, 0) is 10.0 Å². The molecule has 0 spiro atoms. The second-order valence-electron chi connectivity index (χ2n) is 6.55. The molecule has 10 heteroatoms. The quantitative estimate of drug-likeness (QED) is 0.445. The molecule has 30 heavy (non-hydrogen) atoms. The minimum atomic E-state index is -3.59. The number of nitrogens with zero attached hydrogens (tertiary/aromatic N) is 2. The van der Waals surface area contributed by atoms with E-state index in [-0.39, 0.29) is 4.90 Å². The number of unbranched alkanes of at least 4 members (excludes halogenated alkanes) is 1. The van der Waals surface area contributed by atoms with Crippen LogP contribution >= 0.6 is 34.5 Å². The van der Waals surface area contributed by atoms with Crippen molar-refractivity contribution in [2.75, 3.05) is 18.4 Å². The van der Waals surface area contributed by atoms with Gasteiger partial charge in [0.25, 0.3) is 5.91 Å². The summed E-state index contributed by atoms with van der Waals surface area (Å²) >= 11 is 13.5. The Morgan fingerprint density at radius 2 is 1.77 bits per heavy atom. The van der Waals surface area contributed by atoms with Crippen molar-refractivity contribution in [3.05, 3.63) is 52.0 Å². The number of sulfonamides is 1. The van der Waals surface area contributed by atoms with Crippen molar-refractivity contribution >= 4 is 65.8 Å². The predicted octanol–water partition coefficient (Wildman–Crippen LogP) is 5.67. The van der Waals surface area contributed by atoms with Crippen molar-refractivity contribution in [2.24, 2.45) is 0 Å². The van der Waals surface area contributed by atoms with Gasteiger partial charge in [-0.05, 0) is 42.8 Å². The lowest BCUT2D eigenvalue weighted by Crippen LogP contribution is -2.31. The Balaban J connectivity index is 1.78. The third kappa shape index (κ3) is 4.78. The lowest BCUT2D eigenvalue weighted by molar-refractivity contribution is 0.102. The fourth-order valence-electron chi connectivity index (χ4n) is 2.88. The molecule has 0 unspecified atom stereocenters. The summed E-state index contributed by atoms with van der Waals surface area (Å²) in [6.07, 6.45) is 1.71. The van der Waals surface area contributed by atoms with E-state index in [9.17, 15) is 13.2 Å². The monoisotopic (exact) mass is 485 g/mol. The highest BCUT2D eigenvalue weighted by Gasteiger charge is 2.23. The van der Waals surface area contributed by atoms with Gasteiger partial charge in [0, 0.05) is 18.7 Å². The van der Waals surface area contributed by atoms with Crippen LogP contribution in [0.3, 0.4) is 0 Å². The second kappa shape index (κ2) is 9.62. The van der Waals surface area contributed by atoms with Crippen molar-refractivity contribution in [3.63, 3.8) is 0 Å². The standard InChI is InChI=1S/C20H21Cl2N3O3S2/c1-3-5-12-25(4-2)30(27,28)14-8-6-13(7-9-14)19(26)24-20-23-17-15(21)10-11-16(22)18(17)29-20/h6-11H,3-5,12H2,1-2H3,(H,23,24,26). The zero-order valence-corrected chi connectivity index (χ0v) is 19.6. The van der Waals surface area contributed by atoms with Crippen molar-refractivity contribution in [1.82, 2.24) is 9.29 Å². The number of rotatable bonds is 8. The van der Waals surface area contributed by atoms with Crippen LogP contribution in [0.2, 0.25) is 10.0 Å². The Morgan fingerprint density at radius 3 is 2.37 bits per heavy atom. The summed E-state index contributed by atoms with van der Waals surface area (Å²) in [7, 11) is -3.59. The Morgan fingerprint density at radius 1 is 1.10 bits per heavy atom. The average Bonchev–Trinajstić information content (AvgIpc) is 3.16. The van der Waals surface area contributed by atoms with Crippen LogP contribution in [-0.4, -0.2) is 36.7 Å².